The fraction of sp³-hybridized carbons (Fsp3) is 0.667. The fourth-order valence-electron chi connectivity index (χ4n) is 5.12. The predicted octanol–water partition coefficient (Wildman–Crippen LogP) is -1.84. The number of nitrogens with one attached hydrogen (secondary N) is 3. The van der Waals surface area contributed by atoms with Crippen molar-refractivity contribution in [2.75, 3.05) is 13.2 Å². The zero-order valence-corrected chi connectivity index (χ0v) is 29.9. The first-order chi connectivity index (χ1) is 24.7. The van der Waals surface area contributed by atoms with Crippen molar-refractivity contribution in [2.24, 2.45) is 0 Å². The summed E-state index contributed by atoms with van der Waals surface area (Å²) in [6.07, 6.45) is -16.2. The van der Waals surface area contributed by atoms with E-state index in [2.05, 4.69) is 10.6 Å². The Labute approximate surface area is 301 Å². The van der Waals surface area contributed by atoms with Crippen LogP contribution >= 0.6 is 0 Å². The highest BCUT2D eigenvalue weighted by molar-refractivity contribution is 5.93. The van der Waals surface area contributed by atoms with E-state index < -0.39 is 134 Å². The number of amides is 4. The topological polar surface area (TPSA) is 299 Å². The van der Waals surface area contributed by atoms with Crippen LogP contribution in [0.2, 0.25) is 0 Å². The lowest BCUT2D eigenvalue weighted by Crippen LogP contribution is -2.68. The third kappa shape index (κ3) is 14.2. The molecule has 0 aromatic carbocycles. The van der Waals surface area contributed by atoms with Crippen LogP contribution in [0.3, 0.4) is 0 Å². The number of carbonyl (C=O) groups is 10. The molecule has 0 aromatic rings. The van der Waals surface area contributed by atoms with Gasteiger partial charge in [0.1, 0.15) is 25.4 Å². The summed E-state index contributed by atoms with van der Waals surface area (Å²) in [4.78, 5) is 122. The summed E-state index contributed by atoms with van der Waals surface area (Å²) < 4.78 is 53.0. The fourth-order valence-corrected chi connectivity index (χ4v) is 5.12. The van der Waals surface area contributed by atoms with Gasteiger partial charge in [-0.3, -0.25) is 43.7 Å². The minimum Gasteiger partial charge on any atom is -0.463 e. The van der Waals surface area contributed by atoms with E-state index in [0.717, 1.165) is 55.4 Å². The van der Waals surface area contributed by atoms with Gasteiger partial charge in [0.25, 0.3) is 0 Å². The standard InChI is InChI=1S/C30H41N3O20/c1-11(34)44-9-19-21(46-13(3)36)23(48-15(5)38)25(50-17(7)40)27(52-19)31-29(42)33-30(43)32-28-26(51-18(8)41)24(49-16(6)39)22(47-14(4)37)20(53-28)10-45-12(2)35/h19-28H,9-10H2,1-8H3,(H3,31,32,33,42,43)/t19-,20-,21-,22-,23+,24+,25-,26-,27-,28-/m1/s1. The number of hydrogen-bond donors (Lipinski definition) is 3. The van der Waals surface area contributed by atoms with Crippen LogP contribution in [0.25, 0.3) is 0 Å². The smallest absolute Gasteiger partial charge is 0.325 e. The van der Waals surface area contributed by atoms with E-state index >= 15 is 0 Å². The zero-order valence-electron chi connectivity index (χ0n) is 29.9. The molecule has 53 heavy (non-hydrogen) atoms. The first-order valence-electron chi connectivity index (χ1n) is 15.7. The predicted molar refractivity (Wildman–Crippen MR) is 164 cm³/mol. The Bertz CT molecular complexity index is 1330. The Morgan fingerprint density at radius 1 is 0.396 bits per heavy atom. The molecule has 2 fully saturated rings. The van der Waals surface area contributed by atoms with Crippen LogP contribution in [-0.2, 0) is 85.7 Å². The maximum atomic E-state index is 13.1. The number of urea groups is 2. The van der Waals surface area contributed by atoms with Crippen molar-refractivity contribution in [3.63, 3.8) is 0 Å². The first-order valence-corrected chi connectivity index (χ1v) is 15.7. The second-order valence-corrected chi connectivity index (χ2v) is 11.3. The molecule has 2 rings (SSSR count). The van der Waals surface area contributed by atoms with Crippen molar-refractivity contribution >= 4 is 59.8 Å². The Morgan fingerprint density at radius 3 is 0.925 bits per heavy atom. The molecule has 4 amide bonds. The number of esters is 8. The van der Waals surface area contributed by atoms with E-state index in [9.17, 15) is 47.9 Å². The summed E-state index contributed by atoms with van der Waals surface area (Å²) in [5, 5.41) is 6.24. The van der Waals surface area contributed by atoms with Gasteiger partial charge in [-0.15, -0.1) is 0 Å². The SMILES string of the molecule is CC(=O)OC[C@H]1O[C@@H](NC(=O)NC(=O)N[C@@H]2O[C@H](COC(C)=O)[C@@H](OC(C)=O)[C@H](OC(C)=O)[C@H]2OC(C)=O)[C@H](OC(C)=O)[C@@H](OC(C)=O)[C@@H]1OC(C)=O. The van der Waals surface area contributed by atoms with Gasteiger partial charge in [-0.2, -0.15) is 0 Å². The molecule has 0 saturated carbocycles. The van der Waals surface area contributed by atoms with Crippen LogP contribution < -0.4 is 16.0 Å². The lowest BCUT2D eigenvalue weighted by molar-refractivity contribution is -0.255. The molecular formula is C30H41N3O20. The van der Waals surface area contributed by atoms with Crippen LogP contribution in [0.5, 0.6) is 0 Å². The highest BCUT2D eigenvalue weighted by atomic mass is 16.7. The number of imide groups is 1. The van der Waals surface area contributed by atoms with E-state index in [-0.39, 0.29) is 0 Å². The van der Waals surface area contributed by atoms with Gasteiger partial charge < -0.3 is 58.0 Å². The highest BCUT2D eigenvalue weighted by Crippen LogP contribution is 2.30. The quantitative estimate of drug-likeness (QED) is 0.145. The van der Waals surface area contributed by atoms with Crippen LogP contribution in [0.15, 0.2) is 0 Å². The third-order valence-corrected chi connectivity index (χ3v) is 6.76. The summed E-state index contributed by atoms with van der Waals surface area (Å²) >= 11 is 0. The molecule has 0 aliphatic carbocycles. The molecule has 3 N–H and O–H groups in total. The van der Waals surface area contributed by atoms with Gasteiger partial charge in [0, 0.05) is 55.4 Å². The van der Waals surface area contributed by atoms with Crippen molar-refractivity contribution in [3.8, 4) is 0 Å². The summed E-state index contributed by atoms with van der Waals surface area (Å²) in [7, 11) is 0. The van der Waals surface area contributed by atoms with Gasteiger partial charge in [0.15, 0.2) is 49.1 Å². The molecule has 10 atom stereocenters. The molecule has 0 bridgehead atoms. The summed E-state index contributed by atoms with van der Waals surface area (Å²) in [5.41, 5.74) is 0. The molecule has 0 aromatic heterocycles. The van der Waals surface area contributed by atoms with Crippen molar-refractivity contribution in [3.05, 3.63) is 0 Å². The summed E-state index contributed by atoms with van der Waals surface area (Å²) in [6.45, 7) is 6.82. The van der Waals surface area contributed by atoms with Gasteiger partial charge in [-0.05, 0) is 0 Å². The zero-order chi connectivity index (χ0) is 40.2. The number of ether oxygens (including phenoxy) is 10. The normalized spacial score (nSPS) is 27.6. The average Bonchev–Trinajstić information content (AvgIpc) is 2.99. The second-order valence-electron chi connectivity index (χ2n) is 11.3. The minimum absolute atomic E-state index is 0.610. The molecule has 0 spiro atoms. The van der Waals surface area contributed by atoms with Gasteiger partial charge in [-0.25, -0.2) is 9.59 Å². The summed E-state index contributed by atoms with van der Waals surface area (Å²) in [6, 6.07) is -2.73. The van der Waals surface area contributed by atoms with Crippen molar-refractivity contribution in [1.29, 1.82) is 0 Å². The largest absolute Gasteiger partial charge is 0.463 e. The Hall–Kier alpha value is -5.58. The average molecular weight is 764 g/mol. The lowest BCUT2D eigenvalue weighted by atomic mass is 9.97. The lowest BCUT2D eigenvalue weighted by Gasteiger charge is -2.44. The van der Waals surface area contributed by atoms with Gasteiger partial charge in [0.2, 0.25) is 0 Å². The monoisotopic (exact) mass is 763 g/mol. The molecule has 2 saturated heterocycles. The Kier molecular flexibility index (Phi) is 16.3. The molecule has 23 nitrogen and oxygen atoms in total. The second kappa shape index (κ2) is 19.9. The van der Waals surface area contributed by atoms with E-state index in [1.165, 1.54) is 0 Å². The molecule has 2 aliphatic rings. The van der Waals surface area contributed by atoms with Crippen molar-refractivity contribution in [2.45, 2.75) is 117 Å². The Morgan fingerprint density at radius 2 is 0.660 bits per heavy atom. The molecule has 23 heteroatoms. The number of carbonyl (C=O) groups excluding carboxylic acids is 10. The highest BCUT2D eigenvalue weighted by Gasteiger charge is 2.54. The van der Waals surface area contributed by atoms with Gasteiger partial charge in [-0.1, -0.05) is 0 Å². The minimum atomic E-state index is -1.77. The molecule has 2 heterocycles. The maximum absolute atomic E-state index is 13.1. The van der Waals surface area contributed by atoms with Crippen molar-refractivity contribution in [1.82, 2.24) is 16.0 Å². The van der Waals surface area contributed by atoms with Crippen LogP contribution in [0.1, 0.15) is 55.4 Å². The number of hydrogen-bond acceptors (Lipinski definition) is 20. The molecule has 0 radical (unpaired) electrons. The van der Waals surface area contributed by atoms with Crippen LogP contribution in [-0.4, -0.2) is 134 Å². The van der Waals surface area contributed by atoms with Crippen molar-refractivity contribution < 1.29 is 95.3 Å². The van der Waals surface area contributed by atoms with E-state index in [1.807, 2.05) is 5.32 Å². The van der Waals surface area contributed by atoms with Gasteiger partial charge >= 0.3 is 59.8 Å². The number of rotatable bonds is 12. The molecule has 2 aliphatic heterocycles. The van der Waals surface area contributed by atoms with E-state index in [0.29, 0.717) is 0 Å². The Balaban J connectivity index is 2.41. The molecule has 296 valence electrons. The molecule has 0 unspecified atom stereocenters. The molecular weight excluding hydrogens is 722 g/mol. The van der Waals surface area contributed by atoms with E-state index in [4.69, 9.17) is 47.4 Å². The van der Waals surface area contributed by atoms with Crippen LogP contribution in [0.4, 0.5) is 9.59 Å². The maximum Gasteiger partial charge on any atom is 0.325 e. The van der Waals surface area contributed by atoms with Gasteiger partial charge in [0.05, 0.1) is 0 Å². The third-order valence-electron chi connectivity index (χ3n) is 6.76. The summed E-state index contributed by atoms with van der Waals surface area (Å²) in [5.74, 6) is -7.19. The first kappa shape index (κ1) is 43.6. The van der Waals surface area contributed by atoms with E-state index in [1.54, 1.807) is 0 Å². The van der Waals surface area contributed by atoms with Crippen LogP contribution in [0, 0.1) is 0 Å².